The Labute approximate surface area is 166 Å². The number of rotatable bonds is 6. The first-order valence-electron chi connectivity index (χ1n) is 8.66. The minimum atomic E-state index is -0.711. The maximum absolute atomic E-state index is 13.5. The van der Waals surface area contributed by atoms with Crippen LogP contribution in [0.5, 0.6) is 0 Å². The van der Waals surface area contributed by atoms with E-state index in [1.54, 1.807) is 19.2 Å². The van der Waals surface area contributed by atoms with Crippen LogP contribution in [0, 0.1) is 5.82 Å². The topological polar surface area (TPSA) is 59.5 Å². The van der Waals surface area contributed by atoms with Gasteiger partial charge in [0.2, 0.25) is 0 Å². The summed E-state index contributed by atoms with van der Waals surface area (Å²) in [5, 5.41) is 0.808. The molecule has 0 saturated heterocycles. The zero-order chi connectivity index (χ0) is 20.1. The van der Waals surface area contributed by atoms with E-state index >= 15 is 0 Å². The first-order chi connectivity index (χ1) is 13.5. The van der Waals surface area contributed by atoms with E-state index in [0.29, 0.717) is 0 Å². The summed E-state index contributed by atoms with van der Waals surface area (Å²) in [6.07, 6.45) is 2.41. The second kappa shape index (κ2) is 8.75. The molecule has 28 heavy (non-hydrogen) atoms. The van der Waals surface area contributed by atoms with Gasteiger partial charge in [0, 0.05) is 18.7 Å². The van der Waals surface area contributed by atoms with E-state index in [-0.39, 0.29) is 17.5 Å². The standard InChI is InChI=1S/C21H19FN2O3S/c1-14(21-23-17-9-5-6-10-18(17)28-21)24(2)19(25)13-27-20(26)12-11-15-7-3-4-8-16(15)22/h3-12,14H,13H2,1-2H3/b12-11+/t14-/m1/s1. The minimum Gasteiger partial charge on any atom is -0.452 e. The number of likely N-dealkylation sites (N-methyl/N-ethyl adjacent to an activating group) is 1. The first-order valence-corrected chi connectivity index (χ1v) is 9.48. The SMILES string of the molecule is C[C@H](c1nc2ccccc2s1)N(C)C(=O)COC(=O)/C=C/c1ccccc1F. The summed E-state index contributed by atoms with van der Waals surface area (Å²) in [5.41, 5.74) is 1.16. The number of ether oxygens (including phenoxy) is 1. The summed E-state index contributed by atoms with van der Waals surface area (Å²) in [6, 6.07) is 13.6. The molecule has 3 rings (SSSR count). The van der Waals surface area contributed by atoms with Crippen molar-refractivity contribution in [3.05, 3.63) is 71.0 Å². The van der Waals surface area contributed by atoms with Gasteiger partial charge in [-0.05, 0) is 31.2 Å². The summed E-state index contributed by atoms with van der Waals surface area (Å²) in [5.74, 6) is -1.50. The van der Waals surface area contributed by atoms with E-state index in [4.69, 9.17) is 4.74 Å². The van der Waals surface area contributed by atoms with Crippen LogP contribution < -0.4 is 0 Å². The number of benzene rings is 2. The summed E-state index contributed by atoms with van der Waals surface area (Å²) < 4.78 is 19.5. The molecule has 0 aliphatic rings. The van der Waals surface area contributed by atoms with Crippen LogP contribution in [0.4, 0.5) is 4.39 Å². The Morgan fingerprint density at radius 1 is 1.21 bits per heavy atom. The van der Waals surface area contributed by atoms with Gasteiger partial charge in [-0.3, -0.25) is 4.79 Å². The molecular weight excluding hydrogens is 379 g/mol. The number of hydrogen-bond donors (Lipinski definition) is 0. The number of nitrogens with zero attached hydrogens (tertiary/aromatic N) is 2. The molecule has 1 heterocycles. The molecule has 0 aliphatic heterocycles. The number of halogens is 1. The highest BCUT2D eigenvalue weighted by Crippen LogP contribution is 2.28. The summed E-state index contributed by atoms with van der Waals surface area (Å²) >= 11 is 1.52. The molecule has 0 radical (unpaired) electrons. The van der Waals surface area contributed by atoms with Gasteiger partial charge >= 0.3 is 5.97 Å². The van der Waals surface area contributed by atoms with E-state index in [2.05, 4.69) is 4.98 Å². The number of esters is 1. The van der Waals surface area contributed by atoms with Crippen molar-refractivity contribution in [2.24, 2.45) is 0 Å². The van der Waals surface area contributed by atoms with Gasteiger partial charge in [0.05, 0.1) is 16.3 Å². The quantitative estimate of drug-likeness (QED) is 0.461. The number of carbonyl (C=O) groups excluding carboxylic acids is 2. The number of amides is 1. The third kappa shape index (κ3) is 4.61. The maximum Gasteiger partial charge on any atom is 0.331 e. The molecule has 0 N–H and O–H groups in total. The Morgan fingerprint density at radius 2 is 1.93 bits per heavy atom. The highest BCUT2D eigenvalue weighted by Gasteiger charge is 2.21. The maximum atomic E-state index is 13.5. The van der Waals surface area contributed by atoms with E-state index in [0.717, 1.165) is 21.3 Å². The van der Waals surface area contributed by atoms with Crippen LogP contribution in [0.25, 0.3) is 16.3 Å². The van der Waals surface area contributed by atoms with Crippen molar-refractivity contribution in [1.29, 1.82) is 0 Å². The van der Waals surface area contributed by atoms with Crippen molar-refractivity contribution >= 4 is 39.5 Å². The molecule has 1 atom stereocenters. The number of fused-ring (bicyclic) bond motifs is 1. The number of para-hydroxylation sites is 1. The van der Waals surface area contributed by atoms with Crippen LogP contribution in [0.15, 0.2) is 54.6 Å². The van der Waals surface area contributed by atoms with E-state index < -0.39 is 18.4 Å². The normalized spacial score (nSPS) is 12.2. The molecule has 0 saturated carbocycles. The fraction of sp³-hybridized carbons (Fsp3) is 0.190. The van der Waals surface area contributed by atoms with Gasteiger partial charge in [0.25, 0.3) is 5.91 Å². The predicted molar refractivity (Wildman–Crippen MR) is 107 cm³/mol. The monoisotopic (exact) mass is 398 g/mol. The first kappa shape index (κ1) is 19.7. The van der Waals surface area contributed by atoms with Crippen molar-refractivity contribution in [2.75, 3.05) is 13.7 Å². The fourth-order valence-electron chi connectivity index (χ4n) is 2.50. The van der Waals surface area contributed by atoms with E-state index in [1.165, 1.54) is 34.4 Å². The molecule has 3 aromatic rings. The summed E-state index contributed by atoms with van der Waals surface area (Å²) in [7, 11) is 1.64. The Hall–Kier alpha value is -3.06. The lowest BCUT2D eigenvalue weighted by Gasteiger charge is -2.22. The lowest BCUT2D eigenvalue weighted by Crippen LogP contribution is -2.33. The van der Waals surface area contributed by atoms with Gasteiger partial charge in [0.15, 0.2) is 6.61 Å². The molecule has 5 nitrogen and oxygen atoms in total. The van der Waals surface area contributed by atoms with Gasteiger partial charge in [0.1, 0.15) is 10.8 Å². The second-order valence-electron chi connectivity index (χ2n) is 6.16. The molecule has 7 heteroatoms. The van der Waals surface area contributed by atoms with Crippen LogP contribution in [0.2, 0.25) is 0 Å². The van der Waals surface area contributed by atoms with Crippen molar-refractivity contribution in [3.63, 3.8) is 0 Å². The van der Waals surface area contributed by atoms with Gasteiger partial charge in [-0.25, -0.2) is 14.2 Å². The average molecular weight is 398 g/mol. The molecule has 0 fully saturated rings. The van der Waals surface area contributed by atoms with Crippen LogP contribution >= 0.6 is 11.3 Å². The summed E-state index contributed by atoms with van der Waals surface area (Å²) in [4.78, 5) is 30.2. The predicted octanol–water partition coefficient (Wildman–Crippen LogP) is 4.21. The van der Waals surface area contributed by atoms with Crippen LogP contribution in [0.1, 0.15) is 23.5 Å². The highest BCUT2D eigenvalue weighted by molar-refractivity contribution is 7.18. The molecule has 1 aromatic heterocycles. The Balaban J connectivity index is 1.56. The molecular formula is C21H19FN2O3S. The Morgan fingerprint density at radius 3 is 2.68 bits per heavy atom. The van der Waals surface area contributed by atoms with E-state index in [1.807, 2.05) is 31.2 Å². The Kier molecular flexibility index (Phi) is 6.16. The third-order valence-corrected chi connectivity index (χ3v) is 5.49. The van der Waals surface area contributed by atoms with Crippen molar-refractivity contribution in [3.8, 4) is 0 Å². The van der Waals surface area contributed by atoms with Gasteiger partial charge in [-0.2, -0.15) is 0 Å². The zero-order valence-electron chi connectivity index (χ0n) is 15.5. The molecule has 0 spiro atoms. The number of thiazole rings is 1. The largest absolute Gasteiger partial charge is 0.452 e. The average Bonchev–Trinajstić information content (AvgIpc) is 3.14. The molecule has 144 valence electrons. The van der Waals surface area contributed by atoms with Crippen LogP contribution in [0.3, 0.4) is 0 Å². The van der Waals surface area contributed by atoms with E-state index in [9.17, 15) is 14.0 Å². The van der Waals surface area contributed by atoms with Crippen molar-refractivity contribution in [2.45, 2.75) is 13.0 Å². The van der Waals surface area contributed by atoms with Crippen LogP contribution in [-0.4, -0.2) is 35.4 Å². The lowest BCUT2D eigenvalue weighted by molar-refractivity contribution is -0.148. The molecule has 0 aliphatic carbocycles. The van der Waals surface area contributed by atoms with Crippen molar-refractivity contribution < 1.29 is 18.7 Å². The smallest absolute Gasteiger partial charge is 0.331 e. The molecule has 0 unspecified atom stereocenters. The Bertz CT molecular complexity index is 998. The minimum absolute atomic E-state index is 0.252. The zero-order valence-corrected chi connectivity index (χ0v) is 16.3. The second-order valence-corrected chi connectivity index (χ2v) is 7.23. The fourth-order valence-corrected chi connectivity index (χ4v) is 3.56. The number of hydrogen-bond acceptors (Lipinski definition) is 5. The molecule has 2 aromatic carbocycles. The van der Waals surface area contributed by atoms with Crippen LogP contribution in [-0.2, 0) is 14.3 Å². The summed E-state index contributed by atoms with van der Waals surface area (Å²) in [6.45, 7) is 1.47. The highest BCUT2D eigenvalue weighted by atomic mass is 32.1. The van der Waals surface area contributed by atoms with Crippen molar-refractivity contribution in [1.82, 2.24) is 9.88 Å². The van der Waals surface area contributed by atoms with Gasteiger partial charge < -0.3 is 9.64 Å². The molecule has 0 bridgehead atoms. The number of aromatic nitrogens is 1. The van der Waals surface area contributed by atoms with Gasteiger partial charge in [-0.1, -0.05) is 30.3 Å². The lowest BCUT2D eigenvalue weighted by atomic mass is 10.2. The molecule has 1 amide bonds. The third-order valence-electron chi connectivity index (χ3n) is 4.28. The van der Waals surface area contributed by atoms with Gasteiger partial charge in [-0.15, -0.1) is 11.3 Å². The number of carbonyl (C=O) groups is 2.